The molecular weight excluding hydrogens is 346 g/mol. The summed E-state index contributed by atoms with van der Waals surface area (Å²) >= 11 is 1.64. The number of aromatic nitrogens is 5. The number of hydrogen-bond donors (Lipinski definition) is 0. The molecule has 2 heterocycles. The van der Waals surface area contributed by atoms with Crippen LogP contribution in [0.15, 0.2) is 59.9 Å². The van der Waals surface area contributed by atoms with E-state index < -0.39 is 0 Å². The summed E-state index contributed by atoms with van der Waals surface area (Å²) in [5.74, 6) is 1.62. The van der Waals surface area contributed by atoms with Gasteiger partial charge in [-0.2, -0.15) is 4.68 Å². The number of thioether (sulfide) groups is 1. The van der Waals surface area contributed by atoms with Gasteiger partial charge in [-0.25, -0.2) is 9.97 Å². The van der Waals surface area contributed by atoms with Gasteiger partial charge in [-0.1, -0.05) is 41.2 Å². The smallest absolute Gasteiger partial charge is 0.187 e. The molecule has 0 atom stereocenters. The number of ether oxygens (including phenoxy) is 1. The summed E-state index contributed by atoms with van der Waals surface area (Å²) in [4.78, 5) is 8.78. The van der Waals surface area contributed by atoms with E-state index in [0.29, 0.717) is 11.2 Å². The third-order valence-electron chi connectivity index (χ3n) is 4.15. The van der Waals surface area contributed by atoms with Crippen molar-refractivity contribution in [3.63, 3.8) is 0 Å². The van der Waals surface area contributed by atoms with E-state index in [4.69, 9.17) is 4.74 Å². The summed E-state index contributed by atoms with van der Waals surface area (Å²) in [6.45, 7) is 2.12. The fourth-order valence-electron chi connectivity index (χ4n) is 2.65. The SMILES string of the molecule is COc1ccc(-n2nnc3c(SCc4ccccc4C)ncnc32)cc1. The standard InChI is InChI=1S/C19H17N5OS/c1-13-5-3-4-6-14(13)11-26-19-17-18(20-12-21-19)24(23-22-17)15-7-9-16(25-2)10-8-15/h3-10,12H,11H2,1-2H3. The van der Waals surface area contributed by atoms with Crippen LogP contribution in [0.5, 0.6) is 5.75 Å². The minimum Gasteiger partial charge on any atom is -0.497 e. The summed E-state index contributed by atoms with van der Waals surface area (Å²) in [7, 11) is 1.64. The summed E-state index contributed by atoms with van der Waals surface area (Å²) in [6.07, 6.45) is 1.56. The molecule has 0 saturated carbocycles. The van der Waals surface area contributed by atoms with E-state index in [9.17, 15) is 0 Å². The number of benzene rings is 2. The minimum atomic E-state index is 0.692. The van der Waals surface area contributed by atoms with Crippen LogP contribution in [0.3, 0.4) is 0 Å². The highest BCUT2D eigenvalue weighted by Gasteiger charge is 2.14. The number of hydrogen-bond acceptors (Lipinski definition) is 6. The van der Waals surface area contributed by atoms with Gasteiger partial charge < -0.3 is 4.74 Å². The highest BCUT2D eigenvalue weighted by atomic mass is 32.2. The fraction of sp³-hybridized carbons (Fsp3) is 0.158. The number of fused-ring (bicyclic) bond motifs is 1. The summed E-state index contributed by atoms with van der Waals surface area (Å²) in [5, 5.41) is 9.40. The second-order valence-electron chi connectivity index (χ2n) is 5.77. The van der Waals surface area contributed by atoms with Crippen LogP contribution in [0, 0.1) is 6.92 Å². The van der Waals surface area contributed by atoms with E-state index in [1.165, 1.54) is 11.1 Å². The number of methoxy groups -OCH3 is 1. The second kappa shape index (κ2) is 7.13. The van der Waals surface area contributed by atoms with Gasteiger partial charge in [0.15, 0.2) is 11.2 Å². The quantitative estimate of drug-likeness (QED) is 0.397. The highest BCUT2D eigenvalue weighted by molar-refractivity contribution is 7.98. The van der Waals surface area contributed by atoms with Gasteiger partial charge in [-0.15, -0.1) is 5.10 Å². The van der Waals surface area contributed by atoms with E-state index in [-0.39, 0.29) is 0 Å². The Bertz CT molecular complexity index is 1050. The van der Waals surface area contributed by atoms with Crippen LogP contribution in [0.4, 0.5) is 0 Å². The molecular formula is C19H17N5OS. The molecule has 0 amide bonds. The van der Waals surface area contributed by atoms with Crippen molar-refractivity contribution in [3.05, 3.63) is 66.0 Å². The lowest BCUT2D eigenvalue weighted by atomic mass is 10.1. The topological polar surface area (TPSA) is 65.7 Å². The zero-order valence-corrected chi connectivity index (χ0v) is 15.3. The molecule has 0 aliphatic carbocycles. The molecule has 26 heavy (non-hydrogen) atoms. The molecule has 0 saturated heterocycles. The van der Waals surface area contributed by atoms with E-state index in [1.54, 1.807) is 29.9 Å². The largest absolute Gasteiger partial charge is 0.497 e. The van der Waals surface area contributed by atoms with Crippen LogP contribution in [0.1, 0.15) is 11.1 Å². The lowest BCUT2D eigenvalue weighted by Crippen LogP contribution is -1.98. The van der Waals surface area contributed by atoms with Gasteiger partial charge in [0.25, 0.3) is 0 Å². The molecule has 4 rings (SSSR count). The molecule has 6 nitrogen and oxygen atoms in total. The predicted octanol–water partition coefficient (Wildman–Crippen LogP) is 3.82. The summed E-state index contributed by atoms with van der Waals surface area (Å²) < 4.78 is 6.92. The Labute approximate surface area is 155 Å². The zero-order chi connectivity index (χ0) is 17.9. The molecule has 2 aromatic heterocycles. The summed E-state index contributed by atoms with van der Waals surface area (Å²) in [5.41, 5.74) is 4.83. The van der Waals surface area contributed by atoms with Crippen molar-refractivity contribution in [2.75, 3.05) is 7.11 Å². The number of rotatable bonds is 5. The third-order valence-corrected chi connectivity index (χ3v) is 5.17. The van der Waals surface area contributed by atoms with Crippen molar-refractivity contribution in [1.29, 1.82) is 0 Å². The maximum atomic E-state index is 5.20. The Morgan fingerprint density at radius 2 is 1.85 bits per heavy atom. The van der Waals surface area contributed by atoms with Crippen LogP contribution >= 0.6 is 11.8 Å². The van der Waals surface area contributed by atoms with Gasteiger partial charge in [0, 0.05) is 5.75 Å². The predicted molar refractivity (Wildman–Crippen MR) is 102 cm³/mol. The Morgan fingerprint density at radius 1 is 1.04 bits per heavy atom. The fourth-order valence-corrected chi connectivity index (χ4v) is 3.66. The summed E-state index contributed by atoms with van der Waals surface area (Å²) in [6, 6.07) is 16.0. The van der Waals surface area contributed by atoms with Crippen molar-refractivity contribution in [2.45, 2.75) is 17.7 Å². The first kappa shape index (κ1) is 16.5. The highest BCUT2D eigenvalue weighted by Crippen LogP contribution is 2.28. The van der Waals surface area contributed by atoms with Gasteiger partial charge in [-0.05, 0) is 42.3 Å². The van der Waals surface area contributed by atoms with E-state index >= 15 is 0 Å². The minimum absolute atomic E-state index is 0.692. The molecule has 0 bridgehead atoms. The van der Waals surface area contributed by atoms with Gasteiger partial charge in [0.1, 0.15) is 17.1 Å². The first-order valence-electron chi connectivity index (χ1n) is 8.14. The van der Waals surface area contributed by atoms with Crippen molar-refractivity contribution in [3.8, 4) is 11.4 Å². The second-order valence-corrected chi connectivity index (χ2v) is 6.73. The average Bonchev–Trinajstić information content (AvgIpc) is 3.12. The van der Waals surface area contributed by atoms with Crippen LogP contribution in [-0.2, 0) is 5.75 Å². The lowest BCUT2D eigenvalue weighted by molar-refractivity contribution is 0.414. The molecule has 0 aliphatic rings. The van der Waals surface area contributed by atoms with Crippen LogP contribution in [0.25, 0.3) is 16.9 Å². The third kappa shape index (κ3) is 3.13. The molecule has 0 radical (unpaired) electrons. The van der Waals surface area contributed by atoms with Crippen molar-refractivity contribution in [2.24, 2.45) is 0 Å². The van der Waals surface area contributed by atoms with Crippen LogP contribution in [0.2, 0.25) is 0 Å². The Morgan fingerprint density at radius 3 is 2.62 bits per heavy atom. The van der Waals surface area contributed by atoms with Crippen molar-refractivity contribution >= 4 is 22.9 Å². The number of nitrogens with zero attached hydrogens (tertiary/aromatic N) is 5. The van der Waals surface area contributed by atoms with Crippen LogP contribution < -0.4 is 4.74 Å². The normalized spacial score (nSPS) is 11.0. The zero-order valence-electron chi connectivity index (χ0n) is 14.5. The molecule has 0 N–H and O–H groups in total. The van der Waals surface area contributed by atoms with Gasteiger partial charge in [0.05, 0.1) is 12.8 Å². The van der Waals surface area contributed by atoms with Crippen molar-refractivity contribution in [1.82, 2.24) is 25.0 Å². The van der Waals surface area contributed by atoms with Crippen molar-refractivity contribution < 1.29 is 4.74 Å². The maximum Gasteiger partial charge on any atom is 0.187 e. The number of aryl methyl sites for hydroxylation is 1. The average molecular weight is 363 g/mol. The monoisotopic (exact) mass is 363 g/mol. The molecule has 0 fully saturated rings. The lowest BCUT2D eigenvalue weighted by Gasteiger charge is -2.05. The van der Waals surface area contributed by atoms with Crippen LogP contribution in [-0.4, -0.2) is 32.1 Å². The Kier molecular flexibility index (Phi) is 4.53. The van der Waals surface area contributed by atoms with Gasteiger partial charge >= 0.3 is 0 Å². The van der Waals surface area contributed by atoms with E-state index in [1.807, 2.05) is 30.3 Å². The first-order chi connectivity index (χ1) is 12.8. The van der Waals surface area contributed by atoms with E-state index in [0.717, 1.165) is 22.2 Å². The molecule has 130 valence electrons. The van der Waals surface area contributed by atoms with Gasteiger partial charge in [0.2, 0.25) is 0 Å². The molecule has 0 unspecified atom stereocenters. The molecule has 0 aliphatic heterocycles. The maximum absolute atomic E-state index is 5.20. The Hall–Kier alpha value is -2.93. The molecule has 2 aromatic carbocycles. The molecule has 4 aromatic rings. The molecule has 7 heteroatoms. The molecule has 0 spiro atoms. The van der Waals surface area contributed by atoms with E-state index in [2.05, 4.69) is 45.4 Å². The first-order valence-corrected chi connectivity index (χ1v) is 9.13. The van der Waals surface area contributed by atoms with Gasteiger partial charge in [-0.3, -0.25) is 0 Å². The Balaban J connectivity index is 1.65.